The van der Waals surface area contributed by atoms with E-state index < -0.39 is 0 Å². The molecule has 0 aliphatic carbocycles. The van der Waals surface area contributed by atoms with Crippen LogP contribution < -0.4 is 10.6 Å². The van der Waals surface area contributed by atoms with Crippen molar-refractivity contribution in [3.63, 3.8) is 0 Å². The van der Waals surface area contributed by atoms with E-state index >= 15 is 0 Å². The molecule has 0 saturated carbocycles. The van der Waals surface area contributed by atoms with Crippen molar-refractivity contribution in [3.8, 4) is 17.2 Å². The van der Waals surface area contributed by atoms with Gasteiger partial charge in [0.15, 0.2) is 11.5 Å². The number of phenols is 3. The van der Waals surface area contributed by atoms with E-state index in [0.29, 0.717) is 5.75 Å². The van der Waals surface area contributed by atoms with Crippen LogP contribution in [0.15, 0.2) is 30.3 Å². The molecule has 0 amide bonds. The molecule has 110 valence electrons. The Kier molecular flexibility index (Phi) is 3.48. The quantitative estimate of drug-likeness (QED) is 0.379. The highest BCUT2D eigenvalue weighted by Crippen LogP contribution is 2.33. The molecule has 0 atom stereocenters. The molecule has 0 aromatic heterocycles. The molecule has 0 radical (unpaired) electrons. The van der Waals surface area contributed by atoms with Crippen LogP contribution in [0.25, 0.3) is 0 Å². The SMILES string of the molecule is Oc1cc2c(cc1O)NCC2.Oc1ccc2c(c1)NCC2. The van der Waals surface area contributed by atoms with Gasteiger partial charge in [-0.15, -0.1) is 0 Å². The number of rotatable bonds is 0. The van der Waals surface area contributed by atoms with Crippen molar-refractivity contribution >= 4 is 11.4 Å². The smallest absolute Gasteiger partial charge is 0.159 e. The zero-order valence-electron chi connectivity index (χ0n) is 11.6. The highest BCUT2D eigenvalue weighted by Gasteiger charge is 2.12. The van der Waals surface area contributed by atoms with Gasteiger partial charge >= 0.3 is 0 Å². The molecular weight excluding hydrogens is 268 g/mol. The summed E-state index contributed by atoms with van der Waals surface area (Å²) in [5.74, 6) is 0.249. The first kappa shape index (κ1) is 13.4. The Balaban J connectivity index is 0.000000126. The predicted octanol–water partition coefficient (Wildman–Crippen LogP) is 2.43. The third kappa shape index (κ3) is 2.81. The van der Waals surface area contributed by atoms with Gasteiger partial charge in [0.1, 0.15) is 5.75 Å². The van der Waals surface area contributed by atoms with Gasteiger partial charge in [-0.25, -0.2) is 0 Å². The lowest BCUT2D eigenvalue weighted by molar-refractivity contribution is 0.403. The summed E-state index contributed by atoms with van der Waals surface area (Å²) < 4.78 is 0. The minimum absolute atomic E-state index is 0.0348. The summed E-state index contributed by atoms with van der Waals surface area (Å²) in [4.78, 5) is 0. The fourth-order valence-electron chi connectivity index (χ4n) is 2.60. The van der Waals surface area contributed by atoms with Gasteiger partial charge in [0.05, 0.1) is 0 Å². The topological polar surface area (TPSA) is 84.8 Å². The third-order valence-corrected chi connectivity index (χ3v) is 3.71. The second-order valence-corrected chi connectivity index (χ2v) is 5.19. The van der Waals surface area contributed by atoms with Crippen LogP contribution in [0.5, 0.6) is 17.2 Å². The summed E-state index contributed by atoms with van der Waals surface area (Å²) in [6.45, 7) is 1.89. The molecule has 4 rings (SSSR count). The second kappa shape index (κ2) is 5.44. The molecule has 5 nitrogen and oxygen atoms in total. The van der Waals surface area contributed by atoms with Crippen molar-refractivity contribution in [2.24, 2.45) is 0 Å². The van der Waals surface area contributed by atoms with Gasteiger partial charge in [0.2, 0.25) is 0 Å². The summed E-state index contributed by atoms with van der Waals surface area (Å²) >= 11 is 0. The average Bonchev–Trinajstić information content (AvgIpc) is 3.08. The summed E-state index contributed by atoms with van der Waals surface area (Å²) in [5, 5.41) is 33.5. The maximum Gasteiger partial charge on any atom is 0.159 e. The van der Waals surface area contributed by atoms with Crippen LogP contribution in [0.1, 0.15) is 11.1 Å². The van der Waals surface area contributed by atoms with E-state index in [4.69, 9.17) is 15.3 Å². The van der Waals surface area contributed by atoms with E-state index in [1.165, 1.54) is 5.56 Å². The molecule has 0 spiro atoms. The van der Waals surface area contributed by atoms with Crippen molar-refractivity contribution in [2.75, 3.05) is 23.7 Å². The summed E-state index contributed by atoms with van der Waals surface area (Å²) in [6, 6.07) is 8.61. The second-order valence-electron chi connectivity index (χ2n) is 5.19. The largest absolute Gasteiger partial charge is 0.508 e. The predicted molar refractivity (Wildman–Crippen MR) is 82.3 cm³/mol. The van der Waals surface area contributed by atoms with Crippen molar-refractivity contribution in [1.29, 1.82) is 0 Å². The standard InChI is InChI=1S/C8H9NO2.C8H9NO/c10-7-3-5-1-2-9-6(5)4-8(7)11;10-7-2-1-6-3-4-9-8(6)5-7/h3-4,9-11H,1-2H2;1-2,5,9-10H,3-4H2. The first-order valence-electron chi connectivity index (χ1n) is 6.98. The molecule has 21 heavy (non-hydrogen) atoms. The van der Waals surface area contributed by atoms with Gasteiger partial charge in [-0.2, -0.15) is 0 Å². The number of hydrogen-bond acceptors (Lipinski definition) is 5. The van der Waals surface area contributed by atoms with Crippen LogP contribution in [-0.4, -0.2) is 28.4 Å². The number of phenolic OH excluding ortho intramolecular Hbond substituents is 3. The average molecular weight is 286 g/mol. The summed E-state index contributed by atoms with van der Waals surface area (Å²) in [7, 11) is 0. The summed E-state index contributed by atoms with van der Waals surface area (Å²) in [6.07, 6.45) is 2.00. The van der Waals surface area contributed by atoms with E-state index in [1.54, 1.807) is 24.3 Å². The minimum Gasteiger partial charge on any atom is -0.508 e. The molecule has 0 saturated heterocycles. The molecule has 2 heterocycles. The molecule has 2 aromatic rings. The van der Waals surface area contributed by atoms with Crippen LogP contribution in [-0.2, 0) is 12.8 Å². The fraction of sp³-hybridized carbons (Fsp3) is 0.250. The number of fused-ring (bicyclic) bond motifs is 2. The molecule has 5 heteroatoms. The molecule has 0 bridgehead atoms. The van der Waals surface area contributed by atoms with Gasteiger partial charge in [-0.1, -0.05) is 6.07 Å². The van der Waals surface area contributed by atoms with Crippen molar-refractivity contribution < 1.29 is 15.3 Å². The van der Waals surface area contributed by atoms with Crippen LogP contribution in [0.2, 0.25) is 0 Å². The lowest BCUT2D eigenvalue weighted by atomic mass is 10.1. The molecule has 2 aromatic carbocycles. The Morgan fingerprint density at radius 1 is 0.714 bits per heavy atom. The zero-order valence-corrected chi connectivity index (χ0v) is 11.6. The van der Waals surface area contributed by atoms with Crippen molar-refractivity contribution in [3.05, 3.63) is 41.5 Å². The number of hydrogen-bond donors (Lipinski definition) is 5. The lowest BCUT2D eigenvalue weighted by Gasteiger charge is -2.01. The van der Waals surface area contributed by atoms with Crippen molar-refractivity contribution in [1.82, 2.24) is 0 Å². The summed E-state index contributed by atoms with van der Waals surface area (Å²) in [5.41, 5.74) is 4.39. The zero-order chi connectivity index (χ0) is 14.8. The number of nitrogens with one attached hydrogen (secondary N) is 2. The number of anilines is 2. The number of benzene rings is 2. The van der Waals surface area contributed by atoms with Gasteiger partial charge in [0.25, 0.3) is 0 Å². The Morgan fingerprint density at radius 3 is 2.10 bits per heavy atom. The Bertz CT molecular complexity index is 642. The van der Waals surface area contributed by atoms with Gasteiger partial charge in [-0.3, -0.25) is 0 Å². The van der Waals surface area contributed by atoms with E-state index in [-0.39, 0.29) is 11.5 Å². The third-order valence-electron chi connectivity index (χ3n) is 3.71. The van der Waals surface area contributed by atoms with E-state index in [2.05, 4.69) is 10.6 Å². The van der Waals surface area contributed by atoms with Gasteiger partial charge < -0.3 is 26.0 Å². The molecule has 5 N–H and O–H groups in total. The Hall–Kier alpha value is -2.56. The molecule has 2 aliphatic heterocycles. The molecular formula is C16H18N2O3. The minimum atomic E-state index is -0.0573. The van der Waals surface area contributed by atoms with Gasteiger partial charge in [0, 0.05) is 36.6 Å². The Morgan fingerprint density at radius 2 is 1.33 bits per heavy atom. The highest BCUT2D eigenvalue weighted by molar-refractivity contribution is 5.62. The maximum absolute atomic E-state index is 9.11. The Labute approximate surface area is 122 Å². The first-order chi connectivity index (χ1) is 10.1. The van der Waals surface area contributed by atoms with E-state index in [1.807, 2.05) is 6.07 Å². The van der Waals surface area contributed by atoms with Crippen molar-refractivity contribution in [2.45, 2.75) is 12.8 Å². The lowest BCUT2D eigenvalue weighted by Crippen LogP contribution is -1.90. The molecule has 2 aliphatic rings. The van der Waals surface area contributed by atoms with Crippen LogP contribution in [0.3, 0.4) is 0 Å². The first-order valence-corrected chi connectivity index (χ1v) is 6.98. The van der Waals surface area contributed by atoms with E-state index in [0.717, 1.165) is 42.9 Å². The van der Waals surface area contributed by atoms with Crippen LogP contribution in [0.4, 0.5) is 11.4 Å². The monoisotopic (exact) mass is 286 g/mol. The fourth-order valence-corrected chi connectivity index (χ4v) is 2.60. The molecule has 0 fully saturated rings. The van der Waals surface area contributed by atoms with Gasteiger partial charge in [-0.05, 0) is 36.1 Å². The molecule has 0 unspecified atom stereocenters. The van der Waals surface area contributed by atoms with Crippen LogP contribution >= 0.6 is 0 Å². The highest BCUT2D eigenvalue weighted by atomic mass is 16.3. The van der Waals surface area contributed by atoms with Crippen LogP contribution in [0, 0.1) is 0 Å². The van der Waals surface area contributed by atoms with E-state index in [9.17, 15) is 0 Å². The normalized spacial score (nSPS) is 14.3. The number of aromatic hydroxyl groups is 3. The maximum atomic E-state index is 9.11.